The van der Waals surface area contributed by atoms with Crippen LogP contribution in [0.15, 0.2) is 18.2 Å². The zero-order chi connectivity index (χ0) is 26.4. The third-order valence-electron chi connectivity index (χ3n) is 5.34. The van der Waals surface area contributed by atoms with Gasteiger partial charge in [0.2, 0.25) is 0 Å². The fraction of sp³-hybridized carbons (Fsp3) is 0.182. The van der Waals surface area contributed by atoms with Crippen LogP contribution in [-0.4, -0.2) is 22.5 Å². The Morgan fingerprint density at radius 2 is 0.686 bits per heavy atom. The van der Waals surface area contributed by atoms with Gasteiger partial charge in [0.1, 0.15) is 0 Å². The summed E-state index contributed by atoms with van der Waals surface area (Å²) in [5, 5.41) is 0. The molecule has 0 nitrogen and oxygen atoms in total. The maximum absolute atomic E-state index is 15.0. The molecule has 0 saturated heterocycles. The molecular weight excluding hydrogens is 611 g/mol. The first-order valence-electron chi connectivity index (χ1n) is 9.46. The van der Waals surface area contributed by atoms with E-state index in [9.17, 15) is 26.3 Å². The van der Waals surface area contributed by atoms with Crippen molar-refractivity contribution in [3.63, 3.8) is 0 Å². The van der Waals surface area contributed by atoms with Crippen molar-refractivity contribution in [3.05, 3.63) is 105 Å². The van der Waals surface area contributed by atoms with Crippen molar-refractivity contribution in [1.29, 1.82) is 0 Å². The zero-order valence-electron chi connectivity index (χ0n) is 16.9. The van der Waals surface area contributed by atoms with E-state index in [0.29, 0.717) is 22.5 Å². The first kappa shape index (κ1) is 27.2. The fourth-order valence-corrected chi connectivity index (χ4v) is 4.45. The Bertz CT molecular complexity index is 1090. The van der Waals surface area contributed by atoms with Crippen LogP contribution in [-0.2, 0) is 5.41 Å². The molecule has 0 atom stereocenters. The molecule has 3 aromatic carbocycles. The van der Waals surface area contributed by atoms with Crippen molar-refractivity contribution in [2.45, 2.75) is 22.7 Å². The van der Waals surface area contributed by atoms with Gasteiger partial charge in [-0.05, 0) is 0 Å². The topological polar surface area (TPSA) is 0 Å². The van der Waals surface area contributed by atoms with Crippen molar-refractivity contribution in [1.82, 2.24) is 0 Å². The normalized spacial score (nSPS) is 11.9. The molecule has 0 aliphatic carbocycles. The molecule has 0 aliphatic heterocycles. The predicted molar refractivity (Wildman–Crippen MR) is 98.5 cm³/mol. The molecule has 13 heteroatoms. The van der Waals surface area contributed by atoms with E-state index in [0.717, 1.165) is 0 Å². The van der Waals surface area contributed by atoms with Crippen LogP contribution in [0.4, 0.5) is 52.7 Å². The third-order valence-corrected chi connectivity index (χ3v) is 6.35. The van der Waals surface area contributed by atoms with Gasteiger partial charge in [0.15, 0.2) is 0 Å². The average molecular weight is 620 g/mol. The Hall–Kier alpha value is -2.38. The van der Waals surface area contributed by atoms with Crippen LogP contribution in [0.2, 0.25) is 4.44 Å². The number of benzene rings is 3. The van der Waals surface area contributed by atoms with E-state index in [1.807, 2.05) is 0 Å². The summed E-state index contributed by atoms with van der Waals surface area (Å²) in [6.07, 6.45) is -1.79. The zero-order valence-corrected chi connectivity index (χ0v) is 19.7. The quantitative estimate of drug-likeness (QED) is 0.120. The standard InChI is InChI=1S/C22H9F12.Sn/c1-2-3-22(13-16(29)7(23)4-8(24)17(13)30,14-18(31)9(25)5-10(26)19(14)32)15-20(33)11(27)6-12(28)21(15)34;/h4-6H,1-3H2;. The second kappa shape index (κ2) is 9.94. The first-order chi connectivity index (χ1) is 16.3. The number of rotatable bonds is 6. The van der Waals surface area contributed by atoms with Crippen molar-refractivity contribution in [2.24, 2.45) is 0 Å². The molecule has 0 aliphatic rings. The molecule has 0 N–H and O–H groups in total. The van der Waals surface area contributed by atoms with Crippen molar-refractivity contribution >= 4 is 22.5 Å². The Kier molecular flexibility index (Phi) is 7.73. The van der Waals surface area contributed by atoms with Gasteiger partial charge in [-0.3, -0.25) is 0 Å². The fourth-order valence-electron chi connectivity index (χ4n) is 3.95. The van der Waals surface area contributed by atoms with Gasteiger partial charge in [-0.2, -0.15) is 0 Å². The monoisotopic (exact) mass is 621 g/mol. The van der Waals surface area contributed by atoms with E-state index in [-0.39, 0.29) is 22.6 Å². The van der Waals surface area contributed by atoms with Gasteiger partial charge in [0.05, 0.1) is 0 Å². The third kappa shape index (κ3) is 4.27. The molecule has 0 saturated carbocycles. The summed E-state index contributed by atoms with van der Waals surface area (Å²) in [4.78, 5) is 0. The summed E-state index contributed by atoms with van der Waals surface area (Å²) in [5.41, 5.74) is -10.3. The van der Waals surface area contributed by atoms with Crippen LogP contribution in [0.1, 0.15) is 29.5 Å². The van der Waals surface area contributed by atoms with E-state index >= 15 is 26.3 Å². The van der Waals surface area contributed by atoms with Gasteiger partial charge in [-0.25, -0.2) is 0 Å². The van der Waals surface area contributed by atoms with Crippen LogP contribution in [0.3, 0.4) is 0 Å². The summed E-state index contributed by atoms with van der Waals surface area (Å²) < 4.78 is 175. The van der Waals surface area contributed by atoms with Crippen molar-refractivity contribution < 1.29 is 52.7 Å². The Morgan fingerprint density at radius 3 is 0.886 bits per heavy atom. The summed E-state index contributed by atoms with van der Waals surface area (Å²) in [5.74, 6) is -28.2. The molecule has 3 radical (unpaired) electrons. The maximum atomic E-state index is 15.0. The minimum absolute atomic E-state index is 0.0163. The second-order valence-electron chi connectivity index (χ2n) is 7.29. The van der Waals surface area contributed by atoms with Crippen molar-refractivity contribution in [2.75, 3.05) is 0 Å². The molecular formula is C22H9F12Sn. The van der Waals surface area contributed by atoms with Crippen LogP contribution in [0, 0.1) is 69.8 Å². The van der Waals surface area contributed by atoms with Crippen LogP contribution in [0.25, 0.3) is 0 Å². The van der Waals surface area contributed by atoms with Crippen LogP contribution >= 0.6 is 0 Å². The Balaban J connectivity index is 2.79. The van der Waals surface area contributed by atoms with Gasteiger partial charge < -0.3 is 0 Å². The van der Waals surface area contributed by atoms with E-state index in [2.05, 4.69) is 0 Å². The number of hydrogen-bond donors (Lipinski definition) is 0. The molecule has 0 aromatic heterocycles. The molecule has 35 heavy (non-hydrogen) atoms. The van der Waals surface area contributed by atoms with E-state index in [1.54, 1.807) is 0 Å². The summed E-state index contributed by atoms with van der Waals surface area (Å²) in [6, 6.07) is -1.08. The summed E-state index contributed by atoms with van der Waals surface area (Å²) >= 11 is 0.626. The van der Waals surface area contributed by atoms with E-state index in [4.69, 9.17) is 0 Å². The van der Waals surface area contributed by atoms with Crippen molar-refractivity contribution in [3.8, 4) is 0 Å². The summed E-state index contributed by atoms with van der Waals surface area (Å²) in [6.45, 7) is 0. The van der Waals surface area contributed by atoms with Gasteiger partial charge in [-0.15, -0.1) is 0 Å². The molecule has 0 amide bonds. The molecule has 0 unspecified atom stereocenters. The van der Waals surface area contributed by atoms with E-state index in [1.165, 1.54) is 0 Å². The molecule has 185 valence electrons. The van der Waals surface area contributed by atoms with Crippen LogP contribution in [0.5, 0.6) is 0 Å². The van der Waals surface area contributed by atoms with Gasteiger partial charge in [-0.1, -0.05) is 0 Å². The van der Waals surface area contributed by atoms with Crippen LogP contribution < -0.4 is 0 Å². The molecule has 0 spiro atoms. The molecule has 3 rings (SSSR count). The first-order valence-corrected chi connectivity index (χ1v) is 11.5. The van der Waals surface area contributed by atoms with Gasteiger partial charge >= 0.3 is 203 Å². The second-order valence-corrected chi connectivity index (χ2v) is 8.72. The van der Waals surface area contributed by atoms with E-state index < -0.39 is 105 Å². The SMILES string of the molecule is Fc1cc(F)c(F)c(C(CC[CH2][Sn])(c2c(F)c(F)cc(F)c2F)c2c(F)c(F)cc(F)c2F)c1F. The molecule has 0 heterocycles. The Morgan fingerprint density at radius 1 is 0.457 bits per heavy atom. The molecule has 0 bridgehead atoms. The van der Waals surface area contributed by atoms with Gasteiger partial charge in [0.25, 0.3) is 0 Å². The molecule has 0 fully saturated rings. The minimum atomic E-state index is -3.86. The number of hydrogen-bond acceptors (Lipinski definition) is 0. The summed E-state index contributed by atoms with van der Waals surface area (Å²) in [7, 11) is 0. The Labute approximate surface area is 202 Å². The number of halogens is 12. The predicted octanol–water partition coefficient (Wildman–Crippen LogP) is 7.06. The molecule has 3 aromatic rings. The average Bonchev–Trinajstić information content (AvgIpc) is 2.79. The van der Waals surface area contributed by atoms with Gasteiger partial charge in [0, 0.05) is 0 Å².